The molecular formula is C25H52O7. The molecule has 7 nitrogen and oxygen atoms in total. The summed E-state index contributed by atoms with van der Waals surface area (Å²) in [6.45, 7) is 2.86. The van der Waals surface area contributed by atoms with Crippen molar-refractivity contribution < 1.29 is 34.6 Å². The monoisotopic (exact) mass is 464 g/mol. The molecule has 0 aliphatic carbocycles. The van der Waals surface area contributed by atoms with Crippen LogP contribution in [0, 0.1) is 0 Å². The Labute approximate surface area is 196 Å². The summed E-state index contributed by atoms with van der Waals surface area (Å²) in [5, 5.41) is 37.3. The molecule has 0 aliphatic heterocycles. The second-order valence-corrected chi connectivity index (χ2v) is 8.89. The smallest absolute Gasteiger partial charge is 0.101 e. The Morgan fingerprint density at radius 2 is 0.812 bits per heavy atom. The minimum absolute atomic E-state index is 0.00276. The topological polar surface area (TPSA) is 109 Å². The summed E-state index contributed by atoms with van der Waals surface area (Å²) in [6, 6.07) is 0. The average Bonchev–Trinajstić information content (AvgIpc) is 2.78. The molecule has 0 aliphatic rings. The first kappa shape index (κ1) is 31.7. The van der Waals surface area contributed by atoms with Gasteiger partial charge in [-0.1, -0.05) is 90.4 Å². The summed E-state index contributed by atoms with van der Waals surface area (Å²) < 4.78 is 15.8. The lowest BCUT2D eigenvalue weighted by atomic mass is 10.0. The zero-order chi connectivity index (χ0) is 23.7. The zero-order valence-electron chi connectivity index (χ0n) is 20.6. The van der Waals surface area contributed by atoms with Crippen molar-refractivity contribution in [1.29, 1.82) is 0 Å². The van der Waals surface area contributed by atoms with Crippen molar-refractivity contribution in [3.63, 3.8) is 0 Å². The van der Waals surface area contributed by atoms with Crippen molar-refractivity contribution in [2.24, 2.45) is 0 Å². The number of aliphatic hydroxyl groups excluding tert-OH is 4. The number of ether oxygens (including phenoxy) is 3. The van der Waals surface area contributed by atoms with Gasteiger partial charge >= 0.3 is 0 Å². The largest absolute Gasteiger partial charge is 0.394 e. The van der Waals surface area contributed by atoms with E-state index < -0.39 is 18.3 Å². The molecule has 7 heteroatoms. The Hall–Kier alpha value is -0.280. The SMILES string of the molecule is CCCCCCCCCCCCCCCCOCC(O)COCC(O)COCC(O)CO. The van der Waals surface area contributed by atoms with Crippen molar-refractivity contribution in [2.75, 3.05) is 46.2 Å². The van der Waals surface area contributed by atoms with Gasteiger partial charge in [0.05, 0.1) is 39.6 Å². The van der Waals surface area contributed by atoms with Gasteiger partial charge in [0.15, 0.2) is 0 Å². The van der Waals surface area contributed by atoms with E-state index in [2.05, 4.69) is 6.92 Å². The van der Waals surface area contributed by atoms with Crippen molar-refractivity contribution >= 4 is 0 Å². The highest BCUT2D eigenvalue weighted by Gasteiger charge is 2.10. The average molecular weight is 465 g/mol. The molecule has 0 aromatic heterocycles. The molecule has 0 saturated carbocycles. The minimum atomic E-state index is -0.943. The Balaban J connectivity index is 3.25. The van der Waals surface area contributed by atoms with E-state index in [1.807, 2.05) is 0 Å². The molecule has 0 fully saturated rings. The van der Waals surface area contributed by atoms with Gasteiger partial charge in [-0.15, -0.1) is 0 Å². The van der Waals surface area contributed by atoms with Crippen LogP contribution in [0.15, 0.2) is 0 Å². The minimum Gasteiger partial charge on any atom is -0.394 e. The molecule has 0 aromatic carbocycles. The zero-order valence-corrected chi connectivity index (χ0v) is 20.6. The number of unbranched alkanes of at least 4 members (excludes halogenated alkanes) is 13. The Kier molecular flexibility index (Phi) is 25.1. The quantitative estimate of drug-likeness (QED) is 0.145. The molecule has 0 radical (unpaired) electrons. The fraction of sp³-hybridized carbons (Fsp3) is 1.00. The molecular weight excluding hydrogens is 412 g/mol. The molecule has 0 saturated heterocycles. The van der Waals surface area contributed by atoms with E-state index >= 15 is 0 Å². The maximum atomic E-state index is 9.83. The number of rotatable bonds is 26. The first-order chi connectivity index (χ1) is 15.6. The second-order valence-electron chi connectivity index (χ2n) is 8.89. The molecule has 194 valence electrons. The molecule has 0 aromatic rings. The second kappa shape index (κ2) is 25.3. The Morgan fingerprint density at radius 3 is 1.22 bits per heavy atom. The van der Waals surface area contributed by atoms with E-state index in [4.69, 9.17) is 24.4 Å². The van der Waals surface area contributed by atoms with Crippen LogP contribution in [0.5, 0.6) is 0 Å². The van der Waals surface area contributed by atoms with Gasteiger partial charge in [-0.3, -0.25) is 0 Å². The van der Waals surface area contributed by atoms with E-state index in [0.717, 1.165) is 6.42 Å². The third kappa shape index (κ3) is 24.4. The number of hydrogen-bond donors (Lipinski definition) is 4. The van der Waals surface area contributed by atoms with E-state index in [9.17, 15) is 10.2 Å². The van der Waals surface area contributed by atoms with E-state index in [-0.39, 0.29) is 39.6 Å². The third-order valence-electron chi connectivity index (χ3n) is 5.40. The summed E-state index contributed by atoms with van der Waals surface area (Å²) in [7, 11) is 0. The summed E-state index contributed by atoms with van der Waals surface area (Å²) in [4.78, 5) is 0. The predicted molar refractivity (Wildman–Crippen MR) is 128 cm³/mol. The number of hydrogen-bond acceptors (Lipinski definition) is 7. The van der Waals surface area contributed by atoms with Crippen molar-refractivity contribution in [2.45, 2.75) is 115 Å². The van der Waals surface area contributed by atoms with Gasteiger partial charge in [-0.25, -0.2) is 0 Å². The Bertz CT molecular complexity index is 357. The van der Waals surface area contributed by atoms with Crippen LogP contribution in [-0.4, -0.2) is 85.0 Å². The first-order valence-corrected chi connectivity index (χ1v) is 13.0. The van der Waals surface area contributed by atoms with Gasteiger partial charge in [0.2, 0.25) is 0 Å². The van der Waals surface area contributed by atoms with Gasteiger partial charge in [0.25, 0.3) is 0 Å². The van der Waals surface area contributed by atoms with E-state index in [1.165, 1.54) is 83.5 Å². The highest BCUT2D eigenvalue weighted by molar-refractivity contribution is 4.57. The van der Waals surface area contributed by atoms with Crippen molar-refractivity contribution in [1.82, 2.24) is 0 Å². The fourth-order valence-corrected chi connectivity index (χ4v) is 3.45. The van der Waals surface area contributed by atoms with Crippen molar-refractivity contribution in [3.8, 4) is 0 Å². The van der Waals surface area contributed by atoms with Crippen LogP contribution in [0.2, 0.25) is 0 Å². The summed E-state index contributed by atoms with van der Waals surface area (Å²) in [5.41, 5.74) is 0. The van der Waals surface area contributed by atoms with Crippen LogP contribution in [0.1, 0.15) is 96.8 Å². The molecule has 3 atom stereocenters. The number of aliphatic hydroxyl groups is 4. The molecule has 3 unspecified atom stereocenters. The van der Waals surface area contributed by atoms with E-state index in [1.54, 1.807) is 0 Å². The molecule has 0 bridgehead atoms. The highest BCUT2D eigenvalue weighted by Crippen LogP contribution is 2.13. The van der Waals surface area contributed by atoms with E-state index in [0.29, 0.717) is 6.61 Å². The van der Waals surface area contributed by atoms with Gasteiger partial charge in [0, 0.05) is 6.61 Å². The van der Waals surface area contributed by atoms with Gasteiger partial charge < -0.3 is 34.6 Å². The van der Waals surface area contributed by atoms with Crippen LogP contribution in [0.25, 0.3) is 0 Å². The summed E-state index contributed by atoms with van der Waals surface area (Å²) >= 11 is 0. The molecule has 0 spiro atoms. The lowest BCUT2D eigenvalue weighted by Crippen LogP contribution is -2.29. The Morgan fingerprint density at radius 1 is 0.469 bits per heavy atom. The maximum absolute atomic E-state index is 9.83. The van der Waals surface area contributed by atoms with Crippen LogP contribution in [0.4, 0.5) is 0 Å². The lowest BCUT2D eigenvalue weighted by molar-refractivity contribution is -0.0676. The van der Waals surface area contributed by atoms with Gasteiger partial charge in [-0.05, 0) is 6.42 Å². The van der Waals surface area contributed by atoms with Crippen LogP contribution >= 0.6 is 0 Å². The van der Waals surface area contributed by atoms with Gasteiger partial charge in [-0.2, -0.15) is 0 Å². The van der Waals surface area contributed by atoms with Crippen molar-refractivity contribution in [3.05, 3.63) is 0 Å². The van der Waals surface area contributed by atoms with Crippen LogP contribution in [-0.2, 0) is 14.2 Å². The standard InChI is InChI=1S/C25H52O7/c1-2-3-4-5-6-7-8-9-10-11-12-13-14-15-16-30-19-24(28)20-32-22-25(29)21-31-18-23(27)17-26/h23-29H,2-22H2,1H3. The normalized spacial score (nSPS) is 14.5. The highest BCUT2D eigenvalue weighted by atomic mass is 16.5. The molecule has 0 amide bonds. The summed E-state index contributed by atoms with van der Waals surface area (Å²) in [5.74, 6) is 0. The van der Waals surface area contributed by atoms with Crippen LogP contribution < -0.4 is 0 Å². The molecule has 32 heavy (non-hydrogen) atoms. The fourth-order valence-electron chi connectivity index (χ4n) is 3.45. The lowest BCUT2D eigenvalue weighted by Gasteiger charge is -2.15. The van der Waals surface area contributed by atoms with Gasteiger partial charge in [0.1, 0.15) is 18.3 Å². The third-order valence-corrected chi connectivity index (χ3v) is 5.40. The molecule has 0 rings (SSSR count). The molecule has 0 heterocycles. The maximum Gasteiger partial charge on any atom is 0.101 e. The first-order valence-electron chi connectivity index (χ1n) is 13.0. The van der Waals surface area contributed by atoms with Crippen LogP contribution in [0.3, 0.4) is 0 Å². The summed E-state index contributed by atoms with van der Waals surface area (Å²) in [6.07, 6.45) is 16.1. The molecule has 4 N–H and O–H groups in total. The predicted octanol–water partition coefficient (Wildman–Crippen LogP) is 3.59.